The second kappa shape index (κ2) is 4.15. The van der Waals surface area contributed by atoms with Gasteiger partial charge in [0, 0.05) is 6.04 Å². The van der Waals surface area contributed by atoms with Crippen molar-refractivity contribution in [1.82, 2.24) is 10.3 Å². The molecule has 0 radical (unpaired) electrons. The molecule has 1 fully saturated rings. The van der Waals surface area contributed by atoms with Crippen molar-refractivity contribution in [1.29, 1.82) is 0 Å². The van der Waals surface area contributed by atoms with Crippen LogP contribution in [-0.4, -0.2) is 17.6 Å². The average Bonchev–Trinajstić information content (AvgIpc) is 2.75. The summed E-state index contributed by atoms with van der Waals surface area (Å²) in [6.07, 6.45) is 2.51. The highest BCUT2D eigenvalue weighted by molar-refractivity contribution is 7.16. The van der Waals surface area contributed by atoms with Crippen molar-refractivity contribution in [3.05, 3.63) is 29.3 Å². The van der Waals surface area contributed by atoms with Crippen LogP contribution in [0, 0.1) is 0 Å². The number of nitrogens with one attached hydrogen (secondary N) is 1. The highest BCUT2D eigenvalue weighted by atomic mass is 32.1. The van der Waals surface area contributed by atoms with Crippen LogP contribution >= 0.6 is 11.3 Å². The molecule has 1 aromatic heterocycles. The first-order valence-corrected chi connectivity index (χ1v) is 6.77. The Bertz CT molecular complexity index is 491. The molecule has 1 saturated heterocycles. The Morgan fingerprint density at radius 3 is 3.25 bits per heavy atom. The topological polar surface area (TPSA) is 24.9 Å². The van der Waals surface area contributed by atoms with Gasteiger partial charge in [0.05, 0.1) is 15.7 Å². The van der Waals surface area contributed by atoms with Gasteiger partial charge < -0.3 is 5.32 Å². The van der Waals surface area contributed by atoms with Crippen molar-refractivity contribution in [3.63, 3.8) is 0 Å². The van der Waals surface area contributed by atoms with E-state index in [1.54, 1.807) is 11.3 Å². The summed E-state index contributed by atoms with van der Waals surface area (Å²) >= 11 is 1.74. The monoisotopic (exact) mass is 232 g/mol. The quantitative estimate of drug-likeness (QED) is 0.817. The van der Waals surface area contributed by atoms with E-state index in [1.807, 2.05) is 5.51 Å². The van der Waals surface area contributed by atoms with Crippen LogP contribution < -0.4 is 5.32 Å². The first-order chi connectivity index (χ1) is 7.83. The zero-order valence-corrected chi connectivity index (χ0v) is 10.3. The van der Waals surface area contributed by atoms with Gasteiger partial charge in [-0.1, -0.05) is 6.07 Å². The zero-order chi connectivity index (χ0) is 11.0. The number of thiazole rings is 1. The summed E-state index contributed by atoms with van der Waals surface area (Å²) in [7, 11) is 0. The van der Waals surface area contributed by atoms with Crippen molar-refractivity contribution >= 4 is 21.6 Å². The summed E-state index contributed by atoms with van der Waals surface area (Å²) in [5.41, 5.74) is 4.56. The van der Waals surface area contributed by atoms with Crippen LogP contribution in [0.1, 0.15) is 31.2 Å². The number of benzene rings is 1. The second-order valence-corrected chi connectivity index (χ2v) is 5.54. The molecule has 0 amide bonds. The summed E-state index contributed by atoms with van der Waals surface area (Å²) < 4.78 is 1.32. The largest absolute Gasteiger partial charge is 0.314 e. The predicted octanol–water partition coefficient (Wildman–Crippen LogP) is 3.15. The van der Waals surface area contributed by atoms with Gasteiger partial charge in [-0.3, -0.25) is 0 Å². The molecule has 16 heavy (non-hydrogen) atoms. The van der Waals surface area contributed by atoms with E-state index in [0.717, 1.165) is 18.0 Å². The Labute approximate surface area is 99.7 Å². The van der Waals surface area contributed by atoms with Crippen LogP contribution in [0.2, 0.25) is 0 Å². The molecule has 1 aliphatic rings. The lowest BCUT2D eigenvalue weighted by Crippen LogP contribution is -2.34. The van der Waals surface area contributed by atoms with Crippen LogP contribution in [0.25, 0.3) is 10.2 Å². The van der Waals surface area contributed by atoms with Crippen molar-refractivity contribution in [2.24, 2.45) is 0 Å². The van der Waals surface area contributed by atoms with Gasteiger partial charge in [0.2, 0.25) is 0 Å². The molecule has 2 atom stereocenters. The van der Waals surface area contributed by atoms with E-state index < -0.39 is 0 Å². The van der Waals surface area contributed by atoms with E-state index in [1.165, 1.54) is 23.1 Å². The average molecular weight is 232 g/mol. The fourth-order valence-corrected chi connectivity index (χ4v) is 3.29. The molecule has 0 spiro atoms. The second-order valence-electron chi connectivity index (χ2n) is 4.66. The SMILES string of the molecule is CC1CC(c2ccc3ncsc3c2)CCN1. The maximum absolute atomic E-state index is 4.33. The van der Waals surface area contributed by atoms with E-state index >= 15 is 0 Å². The standard InChI is InChI=1S/C13H16N2S/c1-9-6-11(4-5-14-9)10-2-3-12-13(7-10)16-8-15-12/h2-3,7-9,11,14H,4-6H2,1H3. The van der Waals surface area contributed by atoms with Crippen molar-refractivity contribution in [2.75, 3.05) is 6.54 Å². The number of hydrogen-bond donors (Lipinski definition) is 1. The highest BCUT2D eigenvalue weighted by Crippen LogP contribution is 2.30. The number of rotatable bonds is 1. The molecule has 3 rings (SSSR count). The Hall–Kier alpha value is -0.930. The maximum atomic E-state index is 4.33. The van der Waals surface area contributed by atoms with E-state index in [0.29, 0.717) is 6.04 Å². The summed E-state index contributed by atoms with van der Waals surface area (Å²) in [5, 5.41) is 3.50. The maximum Gasteiger partial charge on any atom is 0.0812 e. The molecule has 2 nitrogen and oxygen atoms in total. The summed E-state index contributed by atoms with van der Waals surface area (Å²) in [6.45, 7) is 3.42. The van der Waals surface area contributed by atoms with Gasteiger partial charge in [-0.05, 0) is 49.9 Å². The lowest BCUT2D eigenvalue weighted by molar-refractivity contribution is 0.381. The summed E-state index contributed by atoms with van der Waals surface area (Å²) in [5.74, 6) is 0.725. The van der Waals surface area contributed by atoms with Crippen molar-refractivity contribution in [2.45, 2.75) is 31.7 Å². The summed E-state index contributed by atoms with van der Waals surface area (Å²) in [6, 6.07) is 7.39. The van der Waals surface area contributed by atoms with Crippen LogP contribution in [0.5, 0.6) is 0 Å². The zero-order valence-electron chi connectivity index (χ0n) is 9.44. The molecule has 2 heterocycles. The van der Waals surface area contributed by atoms with Gasteiger partial charge in [-0.2, -0.15) is 0 Å². The molecular weight excluding hydrogens is 216 g/mol. The normalized spacial score (nSPS) is 26.1. The molecule has 2 aromatic rings. The number of aromatic nitrogens is 1. The fourth-order valence-electron chi connectivity index (χ4n) is 2.56. The lowest BCUT2D eigenvalue weighted by Gasteiger charge is -2.28. The van der Waals surface area contributed by atoms with Crippen LogP contribution in [0.3, 0.4) is 0 Å². The van der Waals surface area contributed by atoms with Gasteiger partial charge in [0.25, 0.3) is 0 Å². The fraction of sp³-hybridized carbons (Fsp3) is 0.462. The van der Waals surface area contributed by atoms with E-state index in [-0.39, 0.29) is 0 Å². The molecule has 0 saturated carbocycles. The van der Waals surface area contributed by atoms with E-state index in [9.17, 15) is 0 Å². The molecule has 3 heteroatoms. The predicted molar refractivity (Wildman–Crippen MR) is 69.1 cm³/mol. The van der Waals surface area contributed by atoms with Crippen LogP contribution in [0.15, 0.2) is 23.7 Å². The Balaban J connectivity index is 1.92. The van der Waals surface area contributed by atoms with E-state index in [4.69, 9.17) is 0 Å². The first kappa shape index (κ1) is 10.2. The number of piperidine rings is 1. The van der Waals surface area contributed by atoms with Crippen molar-refractivity contribution < 1.29 is 0 Å². The smallest absolute Gasteiger partial charge is 0.0812 e. The van der Waals surface area contributed by atoms with Gasteiger partial charge >= 0.3 is 0 Å². The Kier molecular flexibility index (Phi) is 2.65. The van der Waals surface area contributed by atoms with Crippen LogP contribution in [0.4, 0.5) is 0 Å². The van der Waals surface area contributed by atoms with E-state index in [2.05, 4.69) is 35.4 Å². The minimum Gasteiger partial charge on any atom is -0.314 e. The Morgan fingerprint density at radius 1 is 1.44 bits per heavy atom. The molecule has 0 aliphatic carbocycles. The molecule has 1 N–H and O–H groups in total. The third-order valence-corrected chi connectivity index (χ3v) is 4.24. The molecular formula is C13H16N2S. The third-order valence-electron chi connectivity index (χ3n) is 3.45. The lowest BCUT2D eigenvalue weighted by atomic mass is 9.87. The number of nitrogens with zero attached hydrogens (tertiary/aromatic N) is 1. The number of fused-ring (bicyclic) bond motifs is 1. The van der Waals surface area contributed by atoms with Gasteiger partial charge in [0.15, 0.2) is 0 Å². The minimum absolute atomic E-state index is 0.649. The molecule has 0 bridgehead atoms. The highest BCUT2D eigenvalue weighted by Gasteiger charge is 2.19. The molecule has 1 aromatic carbocycles. The minimum atomic E-state index is 0.649. The Morgan fingerprint density at radius 2 is 2.38 bits per heavy atom. The van der Waals surface area contributed by atoms with Gasteiger partial charge in [-0.25, -0.2) is 4.98 Å². The first-order valence-electron chi connectivity index (χ1n) is 5.89. The number of hydrogen-bond acceptors (Lipinski definition) is 3. The third kappa shape index (κ3) is 1.85. The van der Waals surface area contributed by atoms with Crippen LogP contribution in [-0.2, 0) is 0 Å². The molecule has 84 valence electrons. The molecule has 1 aliphatic heterocycles. The summed E-state index contributed by atoms with van der Waals surface area (Å²) in [4.78, 5) is 4.33. The van der Waals surface area contributed by atoms with Gasteiger partial charge in [0.1, 0.15) is 0 Å². The van der Waals surface area contributed by atoms with Gasteiger partial charge in [-0.15, -0.1) is 11.3 Å². The molecule has 2 unspecified atom stereocenters. The van der Waals surface area contributed by atoms with Crippen molar-refractivity contribution in [3.8, 4) is 0 Å².